The largest absolute Gasteiger partial charge is 0.493 e. The lowest BCUT2D eigenvalue weighted by Crippen LogP contribution is -2.29. The van der Waals surface area contributed by atoms with Crippen LogP contribution in [0.1, 0.15) is 5.69 Å². The topological polar surface area (TPSA) is 86.8 Å². The Kier molecular flexibility index (Phi) is 7.00. The van der Waals surface area contributed by atoms with Crippen molar-refractivity contribution < 1.29 is 23.8 Å². The molecule has 0 aliphatic carbocycles. The summed E-state index contributed by atoms with van der Waals surface area (Å²) < 4.78 is 15.6. The van der Waals surface area contributed by atoms with Crippen molar-refractivity contribution >= 4 is 23.2 Å². The molecule has 1 amide bonds. The minimum Gasteiger partial charge on any atom is -0.493 e. The Balaban J connectivity index is 2.01. The van der Waals surface area contributed by atoms with E-state index in [-0.39, 0.29) is 19.6 Å². The van der Waals surface area contributed by atoms with E-state index in [9.17, 15) is 9.59 Å². The molecule has 0 radical (unpaired) electrons. The number of benzene rings is 1. The molecule has 0 saturated heterocycles. The van der Waals surface area contributed by atoms with Crippen LogP contribution in [-0.4, -0.2) is 44.2 Å². The van der Waals surface area contributed by atoms with Gasteiger partial charge < -0.3 is 19.5 Å². The van der Waals surface area contributed by atoms with E-state index in [4.69, 9.17) is 20.6 Å². The normalized spacial score (nSPS) is 9.88. The SMILES string of the molecule is C#CCNC(=O)COC(=O)Cc1csc(-c2cccc(OC)c2OC)n1. The number of para-hydroxylation sites is 1. The molecule has 0 spiro atoms. The van der Waals surface area contributed by atoms with Gasteiger partial charge in [0.25, 0.3) is 5.91 Å². The molecule has 0 aliphatic rings. The average molecular weight is 374 g/mol. The molecule has 0 bridgehead atoms. The van der Waals surface area contributed by atoms with Crippen molar-refractivity contribution in [3.8, 4) is 34.4 Å². The van der Waals surface area contributed by atoms with E-state index in [0.29, 0.717) is 22.2 Å². The molecular formula is C18H18N2O5S. The zero-order valence-electron chi connectivity index (χ0n) is 14.4. The number of rotatable bonds is 8. The summed E-state index contributed by atoms with van der Waals surface area (Å²) in [6.45, 7) is -0.282. The zero-order chi connectivity index (χ0) is 18.9. The van der Waals surface area contributed by atoms with Crippen LogP contribution in [0, 0.1) is 12.3 Å². The van der Waals surface area contributed by atoms with Crippen molar-refractivity contribution in [2.24, 2.45) is 0 Å². The Morgan fingerprint density at radius 3 is 2.81 bits per heavy atom. The quantitative estimate of drug-likeness (QED) is 0.559. The second-order valence-electron chi connectivity index (χ2n) is 5.00. The third kappa shape index (κ3) is 4.97. The number of carbonyl (C=O) groups is 2. The molecule has 1 heterocycles. The first-order valence-corrected chi connectivity index (χ1v) is 8.48. The summed E-state index contributed by atoms with van der Waals surface area (Å²) in [6.07, 6.45) is 4.99. The fourth-order valence-electron chi connectivity index (χ4n) is 2.11. The van der Waals surface area contributed by atoms with Crippen LogP contribution in [0.25, 0.3) is 10.6 Å². The number of nitrogens with one attached hydrogen (secondary N) is 1. The maximum Gasteiger partial charge on any atom is 0.312 e. The summed E-state index contributed by atoms with van der Waals surface area (Å²) in [7, 11) is 3.11. The van der Waals surface area contributed by atoms with Gasteiger partial charge in [-0.25, -0.2) is 4.98 Å². The molecule has 0 unspecified atom stereocenters. The van der Waals surface area contributed by atoms with Gasteiger partial charge in [0, 0.05) is 5.38 Å². The van der Waals surface area contributed by atoms with E-state index < -0.39 is 11.9 Å². The molecule has 2 aromatic rings. The van der Waals surface area contributed by atoms with Gasteiger partial charge in [-0.05, 0) is 12.1 Å². The summed E-state index contributed by atoms with van der Waals surface area (Å²) in [5, 5.41) is 4.86. The van der Waals surface area contributed by atoms with Crippen molar-refractivity contribution in [3.05, 3.63) is 29.3 Å². The van der Waals surface area contributed by atoms with Gasteiger partial charge in [0.1, 0.15) is 5.01 Å². The number of hydrogen-bond acceptors (Lipinski definition) is 7. The van der Waals surface area contributed by atoms with Gasteiger partial charge in [-0.2, -0.15) is 0 Å². The molecular weight excluding hydrogens is 356 g/mol. The molecule has 0 atom stereocenters. The molecule has 1 aromatic heterocycles. The Bertz CT molecular complexity index is 825. The molecule has 7 nitrogen and oxygen atoms in total. The van der Waals surface area contributed by atoms with Crippen LogP contribution in [0.5, 0.6) is 11.5 Å². The molecule has 26 heavy (non-hydrogen) atoms. The molecule has 8 heteroatoms. The fourth-order valence-corrected chi connectivity index (χ4v) is 2.95. The number of methoxy groups -OCH3 is 2. The lowest BCUT2D eigenvalue weighted by molar-refractivity contribution is -0.147. The van der Waals surface area contributed by atoms with Crippen molar-refractivity contribution in [2.45, 2.75) is 6.42 Å². The second kappa shape index (κ2) is 9.44. The molecule has 0 aliphatic heterocycles. The van der Waals surface area contributed by atoms with Crippen molar-refractivity contribution in [2.75, 3.05) is 27.4 Å². The van der Waals surface area contributed by atoms with Crippen molar-refractivity contribution in [1.29, 1.82) is 0 Å². The third-order valence-electron chi connectivity index (χ3n) is 3.26. The Labute approximate surface area is 155 Å². The molecule has 0 saturated carbocycles. The molecule has 1 N–H and O–H groups in total. The van der Waals surface area contributed by atoms with Gasteiger partial charge >= 0.3 is 5.97 Å². The molecule has 2 rings (SSSR count). The monoisotopic (exact) mass is 374 g/mol. The van der Waals surface area contributed by atoms with E-state index in [1.807, 2.05) is 12.1 Å². The van der Waals surface area contributed by atoms with Crippen molar-refractivity contribution in [1.82, 2.24) is 10.3 Å². The number of hydrogen-bond donors (Lipinski definition) is 1. The summed E-state index contributed by atoms with van der Waals surface area (Å²) in [4.78, 5) is 27.6. The minimum absolute atomic E-state index is 0.0365. The van der Waals surface area contributed by atoms with Gasteiger partial charge in [0.2, 0.25) is 0 Å². The maximum atomic E-state index is 11.8. The lowest BCUT2D eigenvalue weighted by Gasteiger charge is -2.10. The first kappa shape index (κ1) is 19.3. The van der Waals surface area contributed by atoms with E-state index in [0.717, 1.165) is 5.56 Å². The number of ether oxygens (including phenoxy) is 3. The number of terminal acetylenes is 1. The van der Waals surface area contributed by atoms with Gasteiger partial charge in [-0.1, -0.05) is 12.0 Å². The number of aromatic nitrogens is 1. The summed E-state index contributed by atoms with van der Waals surface area (Å²) in [5.41, 5.74) is 1.31. The predicted octanol–water partition coefficient (Wildman–Crippen LogP) is 1.66. The van der Waals surface area contributed by atoms with E-state index in [1.165, 1.54) is 11.3 Å². The average Bonchev–Trinajstić information content (AvgIpc) is 3.12. The fraction of sp³-hybridized carbons (Fsp3) is 0.278. The van der Waals surface area contributed by atoms with Crippen LogP contribution in [-0.2, 0) is 20.7 Å². The number of esters is 1. The second-order valence-corrected chi connectivity index (χ2v) is 5.86. The Morgan fingerprint density at radius 1 is 1.31 bits per heavy atom. The third-order valence-corrected chi connectivity index (χ3v) is 4.19. The van der Waals surface area contributed by atoms with Crippen LogP contribution in [0.4, 0.5) is 0 Å². The summed E-state index contributed by atoms with van der Waals surface area (Å²) >= 11 is 1.37. The lowest BCUT2D eigenvalue weighted by atomic mass is 10.2. The van der Waals surface area contributed by atoms with Crippen LogP contribution < -0.4 is 14.8 Å². The summed E-state index contributed by atoms with van der Waals surface area (Å²) in [5.74, 6) is 2.44. The van der Waals surface area contributed by atoms with Crippen LogP contribution in [0.3, 0.4) is 0 Å². The number of carbonyl (C=O) groups excluding carboxylic acids is 2. The number of nitrogens with zero attached hydrogens (tertiary/aromatic N) is 1. The Hall–Kier alpha value is -3.05. The highest BCUT2D eigenvalue weighted by atomic mass is 32.1. The van der Waals surface area contributed by atoms with Gasteiger partial charge in [0.05, 0.1) is 38.4 Å². The molecule has 136 valence electrons. The molecule has 0 fully saturated rings. The van der Waals surface area contributed by atoms with Gasteiger partial charge in [-0.15, -0.1) is 17.8 Å². The van der Waals surface area contributed by atoms with E-state index in [1.54, 1.807) is 25.7 Å². The van der Waals surface area contributed by atoms with Gasteiger partial charge in [0.15, 0.2) is 18.1 Å². The molecule has 1 aromatic carbocycles. The smallest absolute Gasteiger partial charge is 0.312 e. The first-order chi connectivity index (χ1) is 12.6. The van der Waals surface area contributed by atoms with Gasteiger partial charge in [-0.3, -0.25) is 9.59 Å². The van der Waals surface area contributed by atoms with E-state index >= 15 is 0 Å². The highest BCUT2D eigenvalue weighted by molar-refractivity contribution is 7.13. The number of amides is 1. The first-order valence-electron chi connectivity index (χ1n) is 7.60. The number of thiazole rings is 1. The predicted molar refractivity (Wildman–Crippen MR) is 97.2 cm³/mol. The maximum absolute atomic E-state index is 11.8. The van der Waals surface area contributed by atoms with Crippen molar-refractivity contribution in [3.63, 3.8) is 0 Å². The van der Waals surface area contributed by atoms with Crippen LogP contribution in [0.2, 0.25) is 0 Å². The van der Waals surface area contributed by atoms with Crippen LogP contribution >= 0.6 is 11.3 Å². The standard InChI is InChI=1S/C18H18N2O5S/c1-4-8-19-15(21)10-25-16(22)9-12-11-26-18(20-12)13-6-5-7-14(23-2)17(13)24-3/h1,5-7,11H,8-10H2,2-3H3,(H,19,21). The van der Waals surface area contributed by atoms with E-state index in [2.05, 4.69) is 16.2 Å². The Morgan fingerprint density at radius 2 is 2.12 bits per heavy atom. The summed E-state index contributed by atoms with van der Waals surface area (Å²) in [6, 6.07) is 5.48. The minimum atomic E-state index is -0.546. The highest BCUT2D eigenvalue weighted by Crippen LogP contribution is 2.38. The zero-order valence-corrected chi connectivity index (χ0v) is 15.2. The highest BCUT2D eigenvalue weighted by Gasteiger charge is 2.16. The van der Waals surface area contributed by atoms with Crippen LogP contribution in [0.15, 0.2) is 23.6 Å².